The van der Waals surface area contributed by atoms with E-state index in [0.29, 0.717) is 5.02 Å². The fourth-order valence-electron chi connectivity index (χ4n) is 1.76. The van der Waals surface area contributed by atoms with E-state index in [-0.39, 0.29) is 0 Å². The number of fused-ring (bicyclic) bond motifs is 1. The third kappa shape index (κ3) is 1.87. The maximum atomic E-state index is 6.11. The van der Waals surface area contributed by atoms with Gasteiger partial charge in [0, 0.05) is 11.8 Å². The number of rotatable bonds is 1. The van der Waals surface area contributed by atoms with Crippen LogP contribution >= 0.6 is 11.6 Å². The average molecular weight is 241 g/mol. The van der Waals surface area contributed by atoms with Gasteiger partial charge in [-0.05, 0) is 18.2 Å². The van der Waals surface area contributed by atoms with Crippen LogP contribution in [0.1, 0.15) is 0 Å². The lowest BCUT2D eigenvalue weighted by molar-refractivity contribution is 1.33. The monoisotopic (exact) mass is 240 g/mol. The number of hydrogen-bond acceptors (Lipinski definition) is 2. The van der Waals surface area contributed by atoms with Crippen LogP contribution in [0.4, 0.5) is 0 Å². The molecule has 0 saturated carbocycles. The minimum absolute atomic E-state index is 0.632. The van der Waals surface area contributed by atoms with Crippen LogP contribution in [0.3, 0.4) is 0 Å². The summed E-state index contributed by atoms with van der Waals surface area (Å²) in [6.45, 7) is 0. The highest BCUT2D eigenvalue weighted by Gasteiger charge is 2.04. The molecule has 0 fully saturated rings. The molecule has 3 heteroatoms. The second kappa shape index (κ2) is 4.15. The van der Waals surface area contributed by atoms with Crippen LogP contribution in [-0.4, -0.2) is 9.97 Å². The van der Waals surface area contributed by atoms with Gasteiger partial charge in [0.05, 0.1) is 16.2 Å². The average Bonchev–Trinajstić information content (AvgIpc) is 2.40. The molecule has 17 heavy (non-hydrogen) atoms. The van der Waals surface area contributed by atoms with Crippen molar-refractivity contribution in [2.24, 2.45) is 0 Å². The molecule has 2 nitrogen and oxygen atoms in total. The zero-order valence-electron chi connectivity index (χ0n) is 8.97. The molecule has 3 aromatic rings. The zero-order chi connectivity index (χ0) is 11.7. The van der Waals surface area contributed by atoms with Gasteiger partial charge in [0.2, 0.25) is 0 Å². The molecule has 0 aliphatic heterocycles. The van der Waals surface area contributed by atoms with Crippen LogP contribution < -0.4 is 0 Å². The van der Waals surface area contributed by atoms with Crippen molar-refractivity contribution in [1.29, 1.82) is 0 Å². The predicted octanol–water partition coefficient (Wildman–Crippen LogP) is 3.95. The van der Waals surface area contributed by atoms with Crippen LogP contribution in [-0.2, 0) is 0 Å². The Hall–Kier alpha value is -1.93. The smallest absolute Gasteiger partial charge is 0.108 e. The first-order chi connectivity index (χ1) is 8.34. The fourth-order valence-corrected chi connectivity index (χ4v) is 1.96. The Bertz CT molecular complexity index is 665. The summed E-state index contributed by atoms with van der Waals surface area (Å²) in [7, 11) is 0. The molecule has 2 aromatic heterocycles. The minimum Gasteiger partial charge on any atom is -0.255 e. The molecule has 0 aliphatic carbocycles. The number of pyridine rings is 2. The van der Waals surface area contributed by atoms with Crippen LogP contribution in [0.5, 0.6) is 0 Å². The van der Waals surface area contributed by atoms with E-state index in [2.05, 4.69) is 9.97 Å². The Morgan fingerprint density at radius 1 is 0.882 bits per heavy atom. The lowest BCUT2D eigenvalue weighted by Crippen LogP contribution is -1.87. The predicted molar refractivity (Wildman–Crippen MR) is 70.0 cm³/mol. The molecule has 1 aromatic carbocycles. The van der Waals surface area contributed by atoms with E-state index >= 15 is 0 Å². The van der Waals surface area contributed by atoms with Gasteiger partial charge in [-0.1, -0.05) is 41.9 Å². The van der Waals surface area contributed by atoms with E-state index in [1.807, 2.05) is 42.5 Å². The van der Waals surface area contributed by atoms with Gasteiger partial charge in [0.25, 0.3) is 0 Å². The quantitative estimate of drug-likeness (QED) is 0.644. The first kappa shape index (κ1) is 10.2. The third-order valence-corrected chi connectivity index (χ3v) is 2.91. The number of hydrogen-bond donors (Lipinski definition) is 0. The van der Waals surface area contributed by atoms with Gasteiger partial charge >= 0.3 is 0 Å². The van der Waals surface area contributed by atoms with Gasteiger partial charge < -0.3 is 0 Å². The molecular formula is C14H9ClN2. The molecule has 0 amide bonds. The first-order valence-electron chi connectivity index (χ1n) is 5.31. The van der Waals surface area contributed by atoms with Crippen molar-refractivity contribution in [3.8, 4) is 11.3 Å². The van der Waals surface area contributed by atoms with E-state index in [0.717, 1.165) is 22.3 Å². The molecule has 3 rings (SSSR count). The fraction of sp³-hybridized carbons (Fsp3) is 0. The largest absolute Gasteiger partial charge is 0.255 e. The molecule has 0 spiro atoms. The summed E-state index contributed by atoms with van der Waals surface area (Å²) in [5.74, 6) is 0. The Kier molecular flexibility index (Phi) is 2.50. The highest BCUT2D eigenvalue weighted by molar-refractivity contribution is 6.34. The van der Waals surface area contributed by atoms with Gasteiger partial charge in [-0.2, -0.15) is 0 Å². The molecule has 0 radical (unpaired) electrons. The second-order valence-corrected chi connectivity index (χ2v) is 4.13. The zero-order valence-corrected chi connectivity index (χ0v) is 9.72. The Morgan fingerprint density at radius 3 is 2.53 bits per heavy atom. The van der Waals surface area contributed by atoms with Crippen LogP contribution in [0, 0.1) is 0 Å². The lowest BCUT2D eigenvalue weighted by atomic mass is 10.1. The molecule has 2 heterocycles. The van der Waals surface area contributed by atoms with Crippen molar-refractivity contribution in [3.05, 3.63) is 59.8 Å². The topological polar surface area (TPSA) is 25.8 Å². The molecular weight excluding hydrogens is 232 g/mol. The summed E-state index contributed by atoms with van der Waals surface area (Å²) in [6.07, 6.45) is 1.69. The van der Waals surface area contributed by atoms with Crippen molar-refractivity contribution >= 4 is 22.6 Å². The van der Waals surface area contributed by atoms with Crippen LogP contribution in [0.25, 0.3) is 22.3 Å². The molecule has 0 N–H and O–H groups in total. The Labute approximate surface area is 104 Å². The summed E-state index contributed by atoms with van der Waals surface area (Å²) in [5, 5.41) is 0.632. The summed E-state index contributed by atoms with van der Waals surface area (Å²) in [4.78, 5) is 8.78. The van der Waals surface area contributed by atoms with E-state index in [4.69, 9.17) is 11.6 Å². The van der Waals surface area contributed by atoms with Gasteiger partial charge in [0.15, 0.2) is 0 Å². The summed E-state index contributed by atoms with van der Waals surface area (Å²) < 4.78 is 0. The molecule has 0 saturated heterocycles. The number of aromatic nitrogens is 2. The maximum Gasteiger partial charge on any atom is 0.108 e. The van der Waals surface area contributed by atoms with Crippen molar-refractivity contribution in [2.75, 3.05) is 0 Å². The van der Waals surface area contributed by atoms with Crippen molar-refractivity contribution in [1.82, 2.24) is 9.97 Å². The van der Waals surface area contributed by atoms with E-state index in [1.165, 1.54) is 0 Å². The maximum absolute atomic E-state index is 6.11. The van der Waals surface area contributed by atoms with Gasteiger partial charge in [-0.25, -0.2) is 4.98 Å². The third-order valence-electron chi connectivity index (χ3n) is 2.60. The molecule has 0 bridgehead atoms. The van der Waals surface area contributed by atoms with Gasteiger partial charge in [0.1, 0.15) is 5.52 Å². The molecule has 0 atom stereocenters. The molecule has 0 unspecified atom stereocenters. The van der Waals surface area contributed by atoms with E-state index < -0.39 is 0 Å². The van der Waals surface area contributed by atoms with E-state index in [9.17, 15) is 0 Å². The SMILES string of the molecule is Clc1ccnc2ccc(-c3ccccc3)nc12. The summed E-state index contributed by atoms with van der Waals surface area (Å²) in [6, 6.07) is 15.7. The van der Waals surface area contributed by atoms with Crippen molar-refractivity contribution in [2.45, 2.75) is 0 Å². The highest BCUT2D eigenvalue weighted by Crippen LogP contribution is 2.23. The van der Waals surface area contributed by atoms with E-state index in [1.54, 1.807) is 12.3 Å². The van der Waals surface area contributed by atoms with Crippen LogP contribution in [0.2, 0.25) is 5.02 Å². The first-order valence-corrected chi connectivity index (χ1v) is 5.69. The van der Waals surface area contributed by atoms with Crippen LogP contribution in [0.15, 0.2) is 54.7 Å². The minimum atomic E-state index is 0.632. The summed E-state index contributed by atoms with van der Waals surface area (Å²) in [5.41, 5.74) is 3.55. The molecule has 0 aliphatic rings. The van der Waals surface area contributed by atoms with Crippen molar-refractivity contribution in [3.63, 3.8) is 0 Å². The second-order valence-electron chi connectivity index (χ2n) is 3.72. The molecule has 82 valence electrons. The normalized spacial score (nSPS) is 10.6. The number of nitrogens with zero attached hydrogens (tertiary/aromatic N) is 2. The Morgan fingerprint density at radius 2 is 1.71 bits per heavy atom. The number of benzene rings is 1. The highest BCUT2D eigenvalue weighted by atomic mass is 35.5. The van der Waals surface area contributed by atoms with Gasteiger partial charge in [-0.3, -0.25) is 4.98 Å². The van der Waals surface area contributed by atoms with Gasteiger partial charge in [-0.15, -0.1) is 0 Å². The summed E-state index contributed by atoms with van der Waals surface area (Å²) >= 11 is 6.11. The lowest BCUT2D eigenvalue weighted by Gasteiger charge is -2.03. The standard InChI is InChI=1S/C14H9ClN2/c15-11-8-9-16-13-7-6-12(17-14(11)13)10-4-2-1-3-5-10/h1-9H. The Balaban J connectivity index is 2.23. The number of halogens is 1. The van der Waals surface area contributed by atoms with Crippen molar-refractivity contribution < 1.29 is 0 Å².